The number of methoxy groups -OCH3 is 1. The number of hydrogen-bond donors (Lipinski definition) is 1. The summed E-state index contributed by atoms with van der Waals surface area (Å²) in [6, 6.07) is 7.60. The molecule has 1 aliphatic rings. The number of carbonyl (C=O) groups excluding carboxylic acids is 1. The zero-order valence-corrected chi connectivity index (χ0v) is 20.0. The van der Waals surface area contributed by atoms with Crippen molar-refractivity contribution in [3.8, 4) is 17.1 Å². The van der Waals surface area contributed by atoms with Crippen LogP contribution in [0, 0.1) is 5.92 Å². The smallest absolute Gasteiger partial charge is 0.234 e. The highest BCUT2D eigenvalue weighted by Crippen LogP contribution is 2.39. The highest BCUT2D eigenvalue weighted by atomic mass is 32.2. The molecular formula is C23H28N4O2S2. The summed E-state index contributed by atoms with van der Waals surface area (Å²) in [4.78, 5) is 14.0. The number of hydrogen-bond acceptors (Lipinski definition) is 6. The summed E-state index contributed by atoms with van der Waals surface area (Å²) in [6.45, 7) is 6.59. The van der Waals surface area contributed by atoms with E-state index in [1.54, 1.807) is 7.11 Å². The Hall–Kier alpha value is -2.32. The Labute approximate surface area is 191 Å². The van der Waals surface area contributed by atoms with Crippen molar-refractivity contribution >= 4 is 34.7 Å². The van der Waals surface area contributed by atoms with E-state index in [1.165, 1.54) is 34.2 Å². The van der Waals surface area contributed by atoms with Crippen molar-refractivity contribution in [3.63, 3.8) is 0 Å². The number of fused-ring (bicyclic) bond motifs is 1. The molecule has 1 atom stereocenters. The molecule has 2 heterocycles. The van der Waals surface area contributed by atoms with E-state index >= 15 is 0 Å². The standard InChI is InChI=1S/C23H28N4O2S2/c1-14(2)27-22(17-12-30-20-11-15(3)9-10-16(17)20)25-26-23(27)31-13-21(28)24-18-7-5-6-8-19(18)29-4/h5-8,12,14-15H,9-11,13H2,1-4H3,(H,24,28). The molecule has 0 spiro atoms. The van der Waals surface area contributed by atoms with Gasteiger partial charge in [-0.15, -0.1) is 21.5 Å². The van der Waals surface area contributed by atoms with Crippen LogP contribution in [0.2, 0.25) is 0 Å². The first-order chi connectivity index (χ1) is 15.0. The third kappa shape index (κ3) is 4.65. The molecule has 0 fully saturated rings. The van der Waals surface area contributed by atoms with Crippen LogP contribution in [0.4, 0.5) is 5.69 Å². The molecule has 164 valence electrons. The molecular weight excluding hydrogens is 428 g/mol. The van der Waals surface area contributed by atoms with Crippen LogP contribution >= 0.6 is 23.1 Å². The minimum Gasteiger partial charge on any atom is -0.495 e. The van der Waals surface area contributed by atoms with E-state index in [0.717, 1.165) is 29.7 Å². The van der Waals surface area contributed by atoms with E-state index < -0.39 is 0 Å². The minimum absolute atomic E-state index is 0.101. The van der Waals surface area contributed by atoms with Gasteiger partial charge >= 0.3 is 0 Å². The summed E-state index contributed by atoms with van der Waals surface area (Å²) >= 11 is 3.25. The zero-order valence-electron chi connectivity index (χ0n) is 18.3. The largest absolute Gasteiger partial charge is 0.495 e. The number of para-hydroxylation sites is 2. The molecule has 8 heteroatoms. The predicted molar refractivity (Wildman–Crippen MR) is 127 cm³/mol. The van der Waals surface area contributed by atoms with Gasteiger partial charge in [0.2, 0.25) is 5.91 Å². The maximum Gasteiger partial charge on any atom is 0.234 e. The topological polar surface area (TPSA) is 69.0 Å². The maximum atomic E-state index is 12.5. The molecule has 4 rings (SSSR count). The summed E-state index contributed by atoms with van der Waals surface area (Å²) in [6.07, 6.45) is 3.47. The van der Waals surface area contributed by atoms with E-state index in [-0.39, 0.29) is 17.7 Å². The number of carbonyl (C=O) groups is 1. The third-order valence-electron chi connectivity index (χ3n) is 5.54. The van der Waals surface area contributed by atoms with Gasteiger partial charge < -0.3 is 10.1 Å². The highest BCUT2D eigenvalue weighted by Gasteiger charge is 2.25. The molecule has 1 aliphatic carbocycles. The van der Waals surface area contributed by atoms with Crippen molar-refractivity contribution in [2.75, 3.05) is 18.2 Å². The molecule has 0 bridgehead atoms. The average Bonchev–Trinajstić information content (AvgIpc) is 3.36. The summed E-state index contributed by atoms with van der Waals surface area (Å²) in [5, 5.41) is 14.9. The van der Waals surface area contributed by atoms with Gasteiger partial charge in [0.15, 0.2) is 11.0 Å². The summed E-state index contributed by atoms with van der Waals surface area (Å²) in [7, 11) is 1.59. The normalized spacial score (nSPS) is 15.7. The first kappa shape index (κ1) is 21.9. The Kier molecular flexibility index (Phi) is 6.67. The van der Waals surface area contributed by atoms with E-state index in [4.69, 9.17) is 4.74 Å². The third-order valence-corrected chi connectivity index (χ3v) is 7.53. The molecule has 1 unspecified atom stereocenters. The van der Waals surface area contributed by atoms with Crippen LogP contribution in [0.25, 0.3) is 11.4 Å². The first-order valence-corrected chi connectivity index (χ1v) is 12.4. The lowest BCUT2D eigenvalue weighted by Crippen LogP contribution is -2.15. The molecule has 3 aromatic rings. The van der Waals surface area contributed by atoms with Crippen molar-refractivity contribution in [2.45, 2.75) is 51.2 Å². The van der Waals surface area contributed by atoms with Crippen molar-refractivity contribution < 1.29 is 9.53 Å². The average molecular weight is 457 g/mol. The van der Waals surface area contributed by atoms with Crippen LogP contribution in [0.3, 0.4) is 0 Å². The van der Waals surface area contributed by atoms with Gasteiger partial charge in [-0.1, -0.05) is 30.8 Å². The number of rotatable bonds is 7. The van der Waals surface area contributed by atoms with Gasteiger partial charge in [0.05, 0.1) is 18.6 Å². The number of benzene rings is 1. The van der Waals surface area contributed by atoms with Crippen molar-refractivity contribution in [2.24, 2.45) is 5.92 Å². The molecule has 0 aliphatic heterocycles. The number of aromatic nitrogens is 3. The van der Waals surface area contributed by atoms with E-state index in [1.807, 2.05) is 35.6 Å². The lowest BCUT2D eigenvalue weighted by molar-refractivity contribution is -0.113. The second-order valence-corrected chi connectivity index (χ2v) is 10.1. The van der Waals surface area contributed by atoms with Crippen LogP contribution in [0.15, 0.2) is 34.8 Å². The Morgan fingerprint density at radius 1 is 1.35 bits per heavy atom. The predicted octanol–water partition coefficient (Wildman–Crippen LogP) is 5.45. The van der Waals surface area contributed by atoms with E-state index in [0.29, 0.717) is 11.4 Å². The van der Waals surface area contributed by atoms with Gasteiger partial charge in [-0.25, -0.2) is 0 Å². The monoisotopic (exact) mass is 456 g/mol. The first-order valence-electron chi connectivity index (χ1n) is 10.6. The number of anilines is 1. The molecule has 1 amide bonds. The summed E-state index contributed by atoms with van der Waals surface area (Å²) in [5.74, 6) is 2.45. The number of nitrogens with one attached hydrogen (secondary N) is 1. The van der Waals surface area contributed by atoms with Gasteiger partial charge in [0.25, 0.3) is 0 Å². The Bertz CT molecular complexity index is 1070. The van der Waals surface area contributed by atoms with Crippen LogP contribution in [-0.4, -0.2) is 33.5 Å². The van der Waals surface area contributed by atoms with Gasteiger partial charge in [0.1, 0.15) is 5.75 Å². The van der Waals surface area contributed by atoms with Gasteiger partial charge in [-0.2, -0.15) is 0 Å². The van der Waals surface area contributed by atoms with Crippen molar-refractivity contribution in [1.82, 2.24) is 14.8 Å². The van der Waals surface area contributed by atoms with Crippen LogP contribution < -0.4 is 10.1 Å². The molecule has 6 nitrogen and oxygen atoms in total. The number of amides is 1. The minimum atomic E-state index is -0.101. The van der Waals surface area contributed by atoms with Crippen molar-refractivity contribution in [1.29, 1.82) is 0 Å². The zero-order chi connectivity index (χ0) is 22.0. The molecule has 1 N–H and O–H groups in total. The second kappa shape index (κ2) is 9.44. The van der Waals surface area contributed by atoms with Gasteiger partial charge in [0, 0.05) is 21.9 Å². The Morgan fingerprint density at radius 2 is 2.16 bits per heavy atom. The highest BCUT2D eigenvalue weighted by molar-refractivity contribution is 7.99. The molecule has 1 aromatic carbocycles. The Morgan fingerprint density at radius 3 is 2.94 bits per heavy atom. The van der Waals surface area contributed by atoms with Gasteiger partial charge in [-0.05, 0) is 56.7 Å². The lowest BCUT2D eigenvalue weighted by atomic mass is 9.88. The summed E-state index contributed by atoms with van der Waals surface area (Å²) < 4.78 is 7.46. The van der Waals surface area contributed by atoms with Crippen LogP contribution in [0.1, 0.15) is 43.7 Å². The maximum absolute atomic E-state index is 12.5. The number of ether oxygens (including phenoxy) is 1. The molecule has 2 aromatic heterocycles. The fraction of sp³-hybridized carbons (Fsp3) is 0.435. The quantitative estimate of drug-likeness (QED) is 0.479. The van der Waals surface area contributed by atoms with Crippen molar-refractivity contribution in [3.05, 3.63) is 40.1 Å². The summed E-state index contributed by atoms with van der Waals surface area (Å²) in [5.41, 5.74) is 3.31. The molecule has 0 radical (unpaired) electrons. The second-order valence-electron chi connectivity index (χ2n) is 8.21. The number of thioether (sulfide) groups is 1. The molecule has 31 heavy (non-hydrogen) atoms. The van der Waals surface area contributed by atoms with Crippen LogP contribution in [0.5, 0.6) is 5.75 Å². The molecule has 0 saturated carbocycles. The van der Waals surface area contributed by atoms with E-state index in [2.05, 4.69) is 46.2 Å². The van der Waals surface area contributed by atoms with E-state index in [9.17, 15) is 4.79 Å². The Balaban J connectivity index is 1.51. The number of thiophene rings is 1. The molecule has 0 saturated heterocycles. The van der Waals surface area contributed by atoms with Gasteiger partial charge in [-0.3, -0.25) is 9.36 Å². The fourth-order valence-corrected chi connectivity index (χ4v) is 6.06. The fourth-order valence-electron chi connectivity index (χ4n) is 3.95. The van der Waals surface area contributed by atoms with Crippen LogP contribution in [-0.2, 0) is 17.6 Å². The SMILES string of the molecule is COc1ccccc1NC(=O)CSc1nnc(-c2csc3c2CCC(C)C3)n1C(C)C. The number of nitrogens with zero attached hydrogens (tertiary/aromatic N) is 3. The lowest BCUT2D eigenvalue weighted by Gasteiger charge is -2.19.